The average molecular weight is 418 g/mol. The molecular weight excluding hydrogens is 394 g/mol. The molecule has 1 saturated heterocycles. The minimum Gasteiger partial charge on any atom is -0.504 e. The Morgan fingerprint density at radius 3 is 2.53 bits per heavy atom. The van der Waals surface area contributed by atoms with Gasteiger partial charge in [0, 0.05) is 22.9 Å². The highest BCUT2D eigenvalue weighted by atomic mass is 32.2. The summed E-state index contributed by atoms with van der Waals surface area (Å²) in [7, 11) is 1.54. The number of carbonyl (C=O) groups is 1. The number of Topliss-reactive ketones (excluding diaryl/α,β-unsaturated/α-hetero) is 1. The third kappa shape index (κ3) is 4.75. The zero-order chi connectivity index (χ0) is 20.9. The SMILES string of the molecule is COc1cc(C=C2CN(CC(=O)c3ccc(-c4ccccc4)cc3)CS2)ccc1O. The zero-order valence-electron chi connectivity index (χ0n) is 16.7. The highest BCUT2D eigenvalue weighted by Gasteiger charge is 2.20. The number of phenols is 1. The second kappa shape index (κ2) is 9.20. The monoisotopic (exact) mass is 417 g/mol. The smallest absolute Gasteiger partial charge is 0.176 e. The van der Waals surface area contributed by atoms with E-state index < -0.39 is 0 Å². The second-order valence-corrected chi connectivity index (χ2v) is 8.24. The van der Waals surface area contributed by atoms with Gasteiger partial charge in [-0.3, -0.25) is 9.69 Å². The molecule has 1 aliphatic heterocycles. The summed E-state index contributed by atoms with van der Waals surface area (Å²) in [6.07, 6.45) is 2.08. The zero-order valence-corrected chi connectivity index (χ0v) is 17.6. The number of ether oxygens (including phenoxy) is 1. The first kappa shape index (κ1) is 20.3. The van der Waals surface area contributed by atoms with Crippen LogP contribution in [0.5, 0.6) is 11.5 Å². The van der Waals surface area contributed by atoms with Crippen LogP contribution in [0.15, 0.2) is 77.7 Å². The van der Waals surface area contributed by atoms with Crippen LogP contribution in [0.2, 0.25) is 0 Å². The molecule has 0 aliphatic carbocycles. The third-order valence-electron chi connectivity index (χ3n) is 5.02. The molecule has 0 bridgehead atoms. The molecule has 3 aromatic carbocycles. The van der Waals surface area contributed by atoms with Gasteiger partial charge in [0.15, 0.2) is 17.3 Å². The van der Waals surface area contributed by atoms with Crippen molar-refractivity contribution in [2.75, 3.05) is 26.1 Å². The molecule has 0 radical (unpaired) electrons. The first-order chi connectivity index (χ1) is 14.6. The summed E-state index contributed by atoms with van der Waals surface area (Å²) in [6, 6.07) is 23.3. The van der Waals surface area contributed by atoms with E-state index in [1.54, 1.807) is 17.8 Å². The van der Waals surface area contributed by atoms with Crippen molar-refractivity contribution in [3.05, 3.63) is 88.8 Å². The minimum atomic E-state index is 0.128. The van der Waals surface area contributed by atoms with Crippen LogP contribution in [-0.2, 0) is 0 Å². The summed E-state index contributed by atoms with van der Waals surface area (Å²) >= 11 is 1.73. The van der Waals surface area contributed by atoms with Gasteiger partial charge in [-0.25, -0.2) is 0 Å². The van der Waals surface area contributed by atoms with E-state index in [1.165, 1.54) is 12.0 Å². The van der Waals surface area contributed by atoms with E-state index in [-0.39, 0.29) is 11.5 Å². The van der Waals surface area contributed by atoms with Gasteiger partial charge in [-0.2, -0.15) is 0 Å². The Labute approximate surface area is 180 Å². The first-order valence-corrected chi connectivity index (χ1v) is 10.7. The fourth-order valence-corrected chi connectivity index (χ4v) is 4.44. The van der Waals surface area contributed by atoms with Gasteiger partial charge in [-0.1, -0.05) is 60.7 Å². The molecule has 4 rings (SSSR count). The summed E-state index contributed by atoms with van der Waals surface area (Å²) < 4.78 is 5.17. The average Bonchev–Trinajstić information content (AvgIpc) is 3.22. The van der Waals surface area contributed by atoms with Crippen LogP contribution in [0.4, 0.5) is 0 Å². The number of ketones is 1. The van der Waals surface area contributed by atoms with Crippen LogP contribution in [-0.4, -0.2) is 41.9 Å². The lowest BCUT2D eigenvalue weighted by molar-refractivity contribution is 0.0950. The third-order valence-corrected chi connectivity index (χ3v) is 6.14. The number of nitrogens with zero attached hydrogens (tertiary/aromatic N) is 1. The second-order valence-electron chi connectivity index (χ2n) is 7.17. The number of carbonyl (C=O) groups excluding carboxylic acids is 1. The lowest BCUT2D eigenvalue weighted by Gasteiger charge is -2.12. The first-order valence-electron chi connectivity index (χ1n) is 9.74. The fourth-order valence-electron chi connectivity index (χ4n) is 3.42. The molecule has 1 heterocycles. The largest absolute Gasteiger partial charge is 0.504 e. The number of thioether (sulfide) groups is 1. The molecule has 1 N–H and O–H groups in total. The van der Waals surface area contributed by atoms with Gasteiger partial charge in [-0.15, -0.1) is 11.8 Å². The van der Waals surface area contributed by atoms with Crippen molar-refractivity contribution in [1.29, 1.82) is 0 Å². The Balaban J connectivity index is 1.38. The van der Waals surface area contributed by atoms with Gasteiger partial charge in [0.05, 0.1) is 13.7 Å². The molecule has 3 aromatic rings. The molecule has 0 aromatic heterocycles. The van der Waals surface area contributed by atoms with Crippen molar-refractivity contribution in [2.24, 2.45) is 0 Å². The topological polar surface area (TPSA) is 49.8 Å². The van der Waals surface area contributed by atoms with E-state index in [9.17, 15) is 9.90 Å². The number of benzene rings is 3. The van der Waals surface area contributed by atoms with Gasteiger partial charge < -0.3 is 9.84 Å². The van der Waals surface area contributed by atoms with Gasteiger partial charge in [0.1, 0.15) is 0 Å². The molecular formula is C25H23NO3S. The number of aromatic hydroxyl groups is 1. The molecule has 0 atom stereocenters. The Kier molecular flexibility index (Phi) is 6.21. The number of rotatable bonds is 6. The standard InChI is InChI=1S/C25H23NO3S/c1-29-25-14-18(7-12-23(25)27)13-22-15-26(17-30-22)16-24(28)21-10-8-20(9-11-21)19-5-3-2-4-6-19/h2-14,27H,15-17H2,1H3. The predicted octanol–water partition coefficient (Wildman–Crippen LogP) is 5.30. The van der Waals surface area contributed by atoms with Gasteiger partial charge in [-0.05, 0) is 34.9 Å². The van der Waals surface area contributed by atoms with Gasteiger partial charge in [0.25, 0.3) is 0 Å². The highest BCUT2D eigenvalue weighted by molar-refractivity contribution is 8.03. The summed E-state index contributed by atoms with van der Waals surface area (Å²) in [5.41, 5.74) is 3.96. The van der Waals surface area contributed by atoms with Crippen molar-refractivity contribution >= 4 is 23.6 Å². The molecule has 152 valence electrons. The van der Waals surface area contributed by atoms with Crippen molar-refractivity contribution in [3.63, 3.8) is 0 Å². The van der Waals surface area contributed by atoms with Crippen molar-refractivity contribution < 1.29 is 14.6 Å². The molecule has 1 aliphatic rings. The maximum atomic E-state index is 12.7. The molecule has 1 fully saturated rings. The molecule has 0 unspecified atom stereocenters. The van der Waals surface area contributed by atoms with Crippen LogP contribution in [0.3, 0.4) is 0 Å². The minimum absolute atomic E-state index is 0.128. The Hall–Kier alpha value is -3.02. The lowest BCUT2D eigenvalue weighted by atomic mass is 10.0. The van der Waals surface area contributed by atoms with E-state index in [0.29, 0.717) is 12.3 Å². The number of phenolic OH excluding ortho intramolecular Hbond substituents is 1. The molecule has 0 spiro atoms. The maximum absolute atomic E-state index is 12.7. The number of methoxy groups -OCH3 is 1. The predicted molar refractivity (Wildman–Crippen MR) is 123 cm³/mol. The Bertz CT molecular complexity index is 1060. The van der Waals surface area contributed by atoms with Gasteiger partial charge >= 0.3 is 0 Å². The van der Waals surface area contributed by atoms with Crippen molar-refractivity contribution in [1.82, 2.24) is 4.90 Å². The highest BCUT2D eigenvalue weighted by Crippen LogP contribution is 2.32. The number of hydrogen-bond acceptors (Lipinski definition) is 5. The lowest BCUT2D eigenvalue weighted by Crippen LogP contribution is -2.26. The van der Waals surface area contributed by atoms with E-state index in [1.807, 2.05) is 54.6 Å². The van der Waals surface area contributed by atoms with Gasteiger partial charge in [0.2, 0.25) is 0 Å². The van der Waals surface area contributed by atoms with Crippen LogP contribution in [0.25, 0.3) is 17.2 Å². The fraction of sp³-hybridized carbons (Fsp3) is 0.160. The number of hydrogen-bond donors (Lipinski definition) is 1. The quantitative estimate of drug-likeness (QED) is 0.552. The summed E-state index contributed by atoms with van der Waals surface area (Å²) in [5.74, 6) is 1.50. The van der Waals surface area contributed by atoms with Crippen molar-refractivity contribution in [2.45, 2.75) is 0 Å². The summed E-state index contributed by atoms with van der Waals surface area (Å²) in [5, 5.41) is 9.73. The Morgan fingerprint density at radius 1 is 1.07 bits per heavy atom. The van der Waals surface area contributed by atoms with Crippen LogP contribution >= 0.6 is 11.8 Å². The van der Waals surface area contributed by atoms with E-state index >= 15 is 0 Å². The van der Waals surface area contributed by atoms with Crippen LogP contribution in [0, 0.1) is 0 Å². The molecule has 0 saturated carbocycles. The molecule has 5 heteroatoms. The normalized spacial score (nSPS) is 15.4. The molecule has 4 nitrogen and oxygen atoms in total. The Morgan fingerprint density at radius 2 is 1.80 bits per heavy atom. The summed E-state index contributed by atoms with van der Waals surface area (Å²) in [4.78, 5) is 16.0. The van der Waals surface area contributed by atoms with Crippen molar-refractivity contribution in [3.8, 4) is 22.6 Å². The van der Waals surface area contributed by atoms with E-state index in [4.69, 9.17) is 4.74 Å². The van der Waals surface area contributed by atoms with Crippen LogP contribution < -0.4 is 4.74 Å². The summed E-state index contributed by atoms with van der Waals surface area (Å²) in [6.45, 7) is 1.13. The maximum Gasteiger partial charge on any atom is 0.176 e. The molecule has 30 heavy (non-hydrogen) atoms. The van der Waals surface area contributed by atoms with E-state index in [2.05, 4.69) is 23.1 Å². The van der Waals surface area contributed by atoms with Crippen LogP contribution in [0.1, 0.15) is 15.9 Å². The molecule has 0 amide bonds. The van der Waals surface area contributed by atoms with E-state index in [0.717, 1.165) is 34.7 Å².